The second-order valence-corrected chi connectivity index (χ2v) is 5.75. The topological polar surface area (TPSA) is 64.6 Å². The molecule has 1 aromatic rings. The number of carbonyl (C=O) groups is 2. The molecule has 126 valence electrons. The van der Waals surface area contributed by atoms with Gasteiger partial charge in [-0.3, -0.25) is 4.79 Å². The van der Waals surface area contributed by atoms with E-state index in [4.69, 9.17) is 9.47 Å². The minimum absolute atomic E-state index is 0.270. The third kappa shape index (κ3) is 6.86. The summed E-state index contributed by atoms with van der Waals surface area (Å²) in [6, 6.07) is 6.46. The number of allylic oxidation sites excluding steroid dienone is 1. The van der Waals surface area contributed by atoms with Gasteiger partial charge in [0.1, 0.15) is 11.8 Å². The lowest BCUT2D eigenvalue weighted by Gasteiger charge is -2.19. The van der Waals surface area contributed by atoms with Gasteiger partial charge in [-0.25, -0.2) is 4.79 Å². The molecule has 2 unspecified atom stereocenters. The van der Waals surface area contributed by atoms with E-state index in [1.54, 1.807) is 26.0 Å². The van der Waals surface area contributed by atoms with Crippen molar-refractivity contribution in [3.63, 3.8) is 0 Å². The Kier molecular flexibility index (Phi) is 8.40. The van der Waals surface area contributed by atoms with Gasteiger partial charge in [0.25, 0.3) is 5.91 Å². The summed E-state index contributed by atoms with van der Waals surface area (Å²) in [7, 11) is 0. The number of hydrogen-bond acceptors (Lipinski definition) is 4. The average molecular weight is 384 g/mol. The molecule has 0 aliphatic heterocycles. The van der Waals surface area contributed by atoms with E-state index in [-0.39, 0.29) is 12.5 Å². The summed E-state index contributed by atoms with van der Waals surface area (Å²) in [4.78, 5) is 24.1. The van der Waals surface area contributed by atoms with Gasteiger partial charge in [0.2, 0.25) is 0 Å². The number of nitrogens with one attached hydrogen (secondary N) is 1. The second kappa shape index (κ2) is 10.0. The molecule has 1 amide bonds. The summed E-state index contributed by atoms with van der Waals surface area (Å²) in [6.45, 7) is 5.48. The van der Waals surface area contributed by atoms with Gasteiger partial charge in [0.05, 0.1) is 6.61 Å². The predicted molar refractivity (Wildman–Crippen MR) is 92.2 cm³/mol. The Morgan fingerprint density at radius 1 is 1.30 bits per heavy atom. The van der Waals surface area contributed by atoms with E-state index in [9.17, 15) is 9.59 Å². The van der Waals surface area contributed by atoms with Crippen LogP contribution in [-0.2, 0) is 14.3 Å². The van der Waals surface area contributed by atoms with Crippen LogP contribution in [0.15, 0.2) is 40.9 Å². The molecule has 0 fully saturated rings. The Bertz CT molecular complexity index is 542. The van der Waals surface area contributed by atoms with Gasteiger partial charge in [-0.2, -0.15) is 0 Å². The van der Waals surface area contributed by atoms with Gasteiger partial charge in [-0.15, -0.1) is 0 Å². The summed E-state index contributed by atoms with van der Waals surface area (Å²) >= 11 is 3.34. The summed E-state index contributed by atoms with van der Waals surface area (Å²) in [5.41, 5.74) is 0. The first-order chi connectivity index (χ1) is 11.0. The number of benzene rings is 1. The van der Waals surface area contributed by atoms with E-state index < -0.39 is 18.1 Å². The van der Waals surface area contributed by atoms with E-state index in [2.05, 4.69) is 21.2 Å². The molecule has 0 saturated heterocycles. The zero-order valence-corrected chi connectivity index (χ0v) is 15.1. The van der Waals surface area contributed by atoms with Crippen molar-refractivity contribution in [3.05, 3.63) is 40.9 Å². The van der Waals surface area contributed by atoms with Crippen molar-refractivity contribution < 1.29 is 19.1 Å². The molecule has 0 spiro atoms. The van der Waals surface area contributed by atoms with Gasteiger partial charge in [-0.1, -0.05) is 28.1 Å². The smallest absolute Gasteiger partial charge is 0.328 e. The van der Waals surface area contributed by atoms with Gasteiger partial charge in [0.15, 0.2) is 6.10 Å². The maximum Gasteiger partial charge on any atom is 0.328 e. The number of halogens is 1. The molecule has 0 bridgehead atoms. The Balaban J connectivity index is 2.65. The highest BCUT2D eigenvalue weighted by atomic mass is 79.9. The van der Waals surface area contributed by atoms with Crippen molar-refractivity contribution in [1.82, 2.24) is 5.32 Å². The fourth-order valence-electron chi connectivity index (χ4n) is 1.79. The molecule has 6 heteroatoms. The highest BCUT2D eigenvalue weighted by molar-refractivity contribution is 9.10. The number of hydrogen-bond donors (Lipinski definition) is 1. The molecule has 23 heavy (non-hydrogen) atoms. The minimum atomic E-state index is -0.723. The van der Waals surface area contributed by atoms with Crippen molar-refractivity contribution in [2.45, 2.75) is 39.3 Å². The van der Waals surface area contributed by atoms with Crippen molar-refractivity contribution in [1.29, 1.82) is 0 Å². The van der Waals surface area contributed by atoms with Gasteiger partial charge < -0.3 is 14.8 Å². The first-order valence-corrected chi connectivity index (χ1v) is 8.27. The van der Waals surface area contributed by atoms with Crippen molar-refractivity contribution in [2.75, 3.05) is 6.61 Å². The van der Waals surface area contributed by atoms with Crippen molar-refractivity contribution in [3.8, 4) is 5.75 Å². The average Bonchev–Trinajstić information content (AvgIpc) is 2.53. The highest BCUT2D eigenvalue weighted by Gasteiger charge is 2.24. The molecular formula is C17H22BrNO4. The van der Waals surface area contributed by atoms with Crippen LogP contribution in [0.5, 0.6) is 5.75 Å². The van der Waals surface area contributed by atoms with Crippen LogP contribution in [0.2, 0.25) is 0 Å². The maximum atomic E-state index is 12.2. The third-order valence-electron chi connectivity index (χ3n) is 2.99. The molecule has 0 saturated carbocycles. The number of esters is 1. The Labute approximate surface area is 145 Å². The molecule has 2 atom stereocenters. The first-order valence-electron chi connectivity index (χ1n) is 7.48. The second-order valence-electron chi connectivity index (χ2n) is 4.83. The SMILES string of the molecule is CC=CCC(NC(=O)C(C)Oc1ccc(Br)cc1)C(=O)OCC. The highest BCUT2D eigenvalue weighted by Crippen LogP contribution is 2.17. The van der Waals surface area contributed by atoms with E-state index in [0.717, 1.165) is 4.47 Å². The Morgan fingerprint density at radius 3 is 2.52 bits per heavy atom. The van der Waals surface area contributed by atoms with Crippen LogP contribution in [0.1, 0.15) is 27.2 Å². The number of carbonyl (C=O) groups excluding carboxylic acids is 2. The molecule has 0 aromatic heterocycles. The van der Waals surface area contributed by atoms with Crippen LogP contribution in [0, 0.1) is 0 Å². The number of amides is 1. The molecule has 1 rings (SSSR count). The minimum Gasteiger partial charge on any atom is -0.481 e. The zero-order valence-electron chi connectivity index (χ0n) is 13.5. The third-order valence-corrected chi connectivity index (χ3v) is 3.52. The zero-order chi connectivity index (χ0) is 17.2. The maximum absolute atomic E-state index is 12.2. The molecular weight excluding hydrogens is 362 g/mol. The number of rotatable bonds is 8. The molecule has 0 heterocycles. The van der Waals surface area contributed by atoms with E-state index in [1.807, 2.05) is 31.2 Å². The summed E-state index contributed by atoms with van der Waals surface area (Å²) in [6.07, 6.45) is 3.28. The van der Waals surface area contributed by atoms with E-state index in [1.165, 1.54) is 0 Å². The quantitative estimate of drug-likeness (QED) is 0.552. The molecule has 1 aromatic carbocycles. The molecule has 0 radical (unpaired) electrons. The van der Waals surface area contributed by atoms with Crippen LogP contribution >= 0.6 is 15.9 Å². The molecule has 0 aliphatic carbocycles. The molecule has 5 nitrogen and oxygen atoms in total. The van der Waals surface area contributed by atoms with Crippen molar-refractivity contribution in [2.24, 2.45) is 0 Å². The number of ether oxygens (including phenoxy) is 2. The van der Waals surface area contributed by atoms with Crippen LogP contribution in [0.25, 0.3) is 0 Å². The van der Waals surface area contributed by atoms with E-state index in [0.29, 0.717) is 12.2 Å². The van der Waals surface area contributed by atoms with Crippen LogP contribution < -0.4 is 10.1 Å². The van der Waals surface area contributed by atoms with Crippen LogP contribution in [0.4, 0.5) is 0 Å². The van der Waals surface area contributed by atoms with Gasteiger partial charge in [-0.05, 0) is 51.5 Å². The fraction of sp³-hybridized carbons (Fsp3) is 0.412. The largest absolute Gasteiger partial charge is 0.481 e. The predicted octanol–water partition coefficient (Wildman–Crippen LogP) is 3.23. The van der Waals surface area contributed by atoms with Crippen molar-refractivity contribution >= 4 is 27.8 Å². The lowest BCUT2D eigenvalue weighted by atomic mass is 10.2. The van der Waals surface area contributed by atoms with Gasteiger partial charge in [0, 0.05) is 4.47 Å². The normalized spacial score (nSPS) is 13.4. The fourth-order valence-corrected chi connectivity index (χ4v) is 2.05. The lowest BCUT2D eigenvalue weighted by Crippen LogP contribution is -2.46. The summed E-state index contributed by atoms with van der Waals surface area (Å²) in [5, 5.41) is 2.67. The first kappa shape index (κ1) is 19.2. The molecule has 1 N–H and O–H groups in total. The summed E-state index contributed by atoms with van der Waals surface area (Å²) in [5.74, 6) is -0.234. The Hall–Kier alpha value is -1.82. The lowest BCUT2D eigenvalue weighted by molar-refractivity contribution is -0.148. The van der Waals surface area contributed by atoms with E-state index >= 15 is 0 Å². The monoisotopic (exact) mass is 383 g/mol. The Morgan fingerprint density at radius 2 is 1.96 bits per heavy atom. The van der Waals surface area contributed by atoms with Crippen LogP contribution in [0.3, 0.4) is 0 Å². The molecule has 0 aliphatic rings. The standard InChI is InChI=1S/C17H22BrNO4/c1-4-6-7-15(17(21)22-5-2)19-16(20)12(3)23-14-10-8-13(18)9-11-14/h4,6,8-12,15H,5,7H2,1-3H3,(H,19,20). The van der Waals surface area contributed by atoms with Gasteiger partial charge >= 0.3 is 5.97 Å². The van der Waals surface area contributed by atoms with Crippen LogP contribution in [-0.4, -0.2) is 30.6 Å². The summed E-state index contributed by atoms with van der Waals surface area (Å²) < 4.78 is 11.5.